The predicted octanol–water partition coefficient (Wildman–Crippen LogP) is 3.24. The van der Waals surface area contributed by atoms with Crippen LogP contribution in [-0.2, 0) is 11.3 Å². The number of rotatable bonds is 4. The molecule has 5 nitrogen and oxygen atoms in total. The third-order valence-corrected chi connectivity index (χ3v) is 3.26. The maximum absolute atomic E-state index is 11.1. The zero-order valence-electron chi connectivity index (χ0n) is 10.8. The normalized spacial score (nSPS) is 10.0. The molecule has 0 aliphatic rings. The summed E-state index contributed by atoms with van der Waals surface area (Å²) in [5.41, 5.74) is 2.61. The second-order valence-corrected chi connectivity index (χ2v) is 4.97. The highest BCUT2D eigenvalue weighted by molar-refractivity contribution is 7.09. The van der Waals surface area contributed by atoms with Crippen LogP contribution < -0.4 is 10.6 Å². The van der Waals surface area contributed by atoms with E-state index in [1.165, 1.54) is 7.11 Å². The van der Waals surface area contributed by atoms with Gasteiger partial charge in [-0.25, -0.2) is 9.78 Å². The molecule has 1 aromatic carbocycles. The number of methoxy groups -OCH3 is 1. The summed E-state index contributed by atoms with van der Waals surface area (Å²) in [5, 5.41) is 8.96. The third kappa shape index (κ3) is 3.96. The van der Waals surface area contributed by atoms with Crippen LogP contribution in [0.5, 0.6) is 0 Å². The van der Waals surface area contributed by atoms with Crippen molar-refractivity contribution >= 4 is 28.8 Å². The Morgan fingerprint density at radius 1 is 1.42 bits per heavy atom. The fraction of sp³-hybridized carbons (Fsp3) is 0.231. The van der Waals surface area contributed by atoms with Crippen LogP contribution >= 0.6 is 11.3 Å². The molecule has 0 fully saturated rings. The molecule has 1 heterocycles. The molecule has 0 radical (unpaired) electrons. The van der Waals surface area contributed by atoms with Gasteiger partial charge in [0.15, 0.2) is 0 Å². The van der Waals surface area contributed by atoms with Gasteiger partial charge >= 0.3 is 6.09 Å². The number of nitrogens with one attached hydrogen (secondary N) is 2. The lowest BCUT2D eigenvalue weighted by atomic mass is 10.2. The quantitative estimate of drug-likeness (QED) is 0.900. The number of aryl methyl sites for hydroxylation is 1. The Kier molecular flexibility index (Phi) is 4.35. The van der Waals surface area contributed by atoms with Crippen LogP contribution in [0.15, 0.2) is 29.6 Å². The Balaban J connectivity index is 1.97. The van der Waals surface area contributed by atoms with E-state index in [1.54, 1.807) is 17.4 Å². The summed E-state index contributed by atoms with van der Waals surface area (Å²) >= 11 is 1.63. The van der Waals surface area contributed by atoms with E-state index in [1.807, 2.05) is 30.5 Å². The van der Waals surface area contributed by atoms with Crippen molar-refractivity contribution in [2.24, 2.45) is 0 Å². The number of anilines is 2. The lowest BCUT2D eigenvalue weighted by molar-refractivity contribution is 0.187. The van der Waals surface area contributed by atoms with Crippen molar-refractivity contribution < 1.29 is 9.53 Å². The van der Waals surface area contributed by atoms with Crippen molar-refractivity contribution in [1.82, 2.24) is 4.98 Å². The molecule has 0 spiro atoms. The Labute approximate surface area is 115 Å². The number of thiazole rings is 1. The van der Waals surface area contributed by atoms with Gasteiger partial charge in [0.05, 0.1) is 24.4 Å². The minimum atomic E-state index is -0.479. The number of carbonyl (C=O) groups is 1. The summed E-state index contributed by atoms with van der Waals surface area (Å²) in [6, 6.07) is 7.44. The number of benzene rings is 1. The molecule has 2 aromatic rings. The van der Waals surface area contributed by atoms with Crippen LogP contribution in [0, 0.1) is 6.92 Å². The van der Waals surface area contributed by atoms with Crippen LogP contribution in [0.3, 0.4) is 0 Å². The second kappa shape index (κ2) is 6.19. The Morgan fingerprint density at radius 3 is 2.89 bits per heavy atom. The van der Waals surface area contributed by atoms with E-state index in [9.17, 15) is 4.79 Å². The number of amides is 1. The SMILES string of the molecule is COC(=O)Nc1cccc(NCc2csc(C)n2)c1. The number of aromatic nitrogens is 1. The van der Waals surface area contributed by atoms with Crippen LogP contribution in [0.4, 0.5) is 16.2 Å². The molecule has 0 saturated carbocycles. The molecule has 0 saturated heterocycles. The van der Waals surface area contributed by atoms with E-state index in [0.29, 0.717) is 12.2 Å². The zero-order valence-corrected chi connectivity index (χ0v) is 11.6. The number of hydrogen-bond donors (Lipinski definition) is 2. The van der Waals surface area contributed by atoms with Gasteiger partial charge in [-0.15, -0.1) is 11.3 Å². The van der Waals surface area contributed by atoms with Gasteiger partial charge in [0.1, 0.15) is 0 Å². The molecular formula is C13H15N3O2S. The van der Waals surface area contributed by atoms with Gasteiger partial charge < -0.3 is 10.1 Å². The standard InChI is InChI=1S/C13H15N3O2S/c1-9-15-12(8-19-9)7-14-10-4-3-5-11(6-10)16-13(17)18-2/h3-6,8,14H,7H2,1-2H3,(H,16,17). The highest BCUT2D eigenvalue weighted by atomic mass is 32.1. The van der Waals surface area contributed by atoms with Crippen molar-refractivity contribution in [2.75, 3.05) is 17.7 Å². The smallest absolute Gasteiger partial charge is 0.411 e. The van der Waals surface area contributed by atoms with Gasteiger partial charge in [0.25, 0.3) is 0 Å². The minimum Gasteiger partial charge on any atom is -0.453 e. The lowest BCUT2D eigenvalue weighted by Crippen LogP contribution is -2.11. The summed E-state index contributed by atoms with van der Waals surface area (Å²) in [7, 11) is 1.34. The van der Waals surface area contributed by atoms with Gasteiger partial charge in [0.2, 0.25) is 0 Å². The van der Waals surface area contributed by atoms with Gasteiger partial charge in [0, 0.05) is 16.8 Å². The van der Waals surface area contributed by atoms with E-state index in [-0.39, 0.29) is 0 Å². The Bertz CT molecular complexity index is 569. The maximum Gasteiger partial charge on any atom is 0.411 e. The molecule has 1 amide bonds. The highest BCUT2D eigenvalue weighted by Gasteiger charge is 2.02. The Hall–Kier alpha value is -2.08. The topological polar surface area (TPSA) is 63.2 Å². The van der Waals surface area contributed by atoms with E-state index in [2.05, 4.69) is 20.4 Å². The Morgan fingerprint density at radius 2 is 2.21 bits per heavy atom. The number of carbonyl (C=O) groups excluding carboxylic acids is 1. The summed E-state index contributed by atoms with van der Waals surface area (Å²) in [4.78, 5) is 15.5. The second-order valence-electron chi connectivity index (χ2n) is 3.91. The van der Waals surface area contributed by atoms with E-state index in [4.69, 9.17) is 0 Å². The fourth-order valence-electron chi connectivity index (χ4n) is 1.56. The average Bonchev–Trinajstić information content (AvgIpc) is 2.82. The van der Waals surface area contributed by atoms with Crippen molar-refractivity contribution in [2.45, 2.75) is 13.5 Å². The summed E-state index contributed by atoms with van der Waals surface area (Å²) in [6.45, 7) is 2.64. The fourth-order valence-corrected chi connectivity index (χ4v) is 2.17. The summed E-state index contributed by atoms with van der Waals surface area (Å²) in [6.07, 6.45) is -0.479. The van der Waals surface area contributed by atoms with Gasteiger partial charge in [-0.05, 0) is 25.1 Å². The zero-order chi connectivity index (χ0) is 13.7. The molecule has 0 aliphatic carbocycles. The van der Waals surface area contributed by atoms with Crippen LogP contribution in [0.1, 0.15) is 10.7 Å². The average molecular weight is 277 g/mol. The molecule has 0 unspecified atom stereocenters. The largest absolute Gasteiger partial charge is 0.453 e. The molecule has 2 rings (SSSR count). The van der Waals surface area contributed by atoms with Crippen molar-refractivity contribution in [3.63, 3.8) is 0 Å². The minimum absolute atomic E-state index is 0.479. The van der Waals surface area contributed by atoms with Crippen LogP contribution in [0.2, 0.25) is 0 Å². The van der Waals surface area contributed by atoms with Gasteiger partial charge in [-0.3, -0.25) is 5.32 Å². The molecule has 0 aliphatic heterocycles. The molecule has 19 heavy (non-hydrogen) atoms. The first-order valence-corrected chi connectivity index (χ1v) is 6.65. The number of ether oxygens (including phenoxy) is 1. The molecule has 0 atom stereocenters. The van der Waals surface area contributed by atoms with Gasteiger partial charge in [-0.1, -0.05) is 6.07 Å². The van der Waals surface area contributed by atoms with E-state index in [0.717, 1.165) is 16.4 Å². The molecule has 6 heteroatoms. The van der Waals surface area contributed by atoms with Gasteiger partial charge in [-0.2, -0.15) is 0 Å². The highest BCUT2D eigenvalue weighted by Crippen LogP contribution is 2.16. The van der Waals surface area contributed by atoms with Crippen LogP contribution in [0.25, 0.3) is 0 Å². The van der Waals surface area contributed by atoms with Crippen molar-refractivity contribution in [3.05, 3.63) is 40.3 Å². The van der Waals surface area contributed by atoms with E-state index < -0.39 is 6.09 Å². The van der Waals surface area contributed by atoms with E-state index >= 15 is 0 Å². The first-order chi connectivity index (χ1) is 9.17. The monoisotopic (exact) mass is 277 g/mol. The lowest BCUT2D eigenvalue weighted by Gasteiger charge is -2.08. The summed E-state index contributed by atoms with van der Waals surface area (Å²) < 4.78 is 4.55. The number of hydrogen-bond acceptors (Lipinski definition) is 5. The predicted molar refractivity (Wildman–Crippen MR) is 76.6 cm³/mol. The third-order valence-electron chi connectivity index (χ3n) is 2.43. The molecule has 0 bridgehead atoms. The molecule has 100 valence electrons. The van der Waals surface area contributed by atoms with Crippen LogP contribution in [-0.4, -0.2) is 18.2 Å². The van der Waals surface area contributed by atoms with Crippen molar-refractivity contribution in [1.29, 1.82) is 0 Å². The van der Waals surface area contributed by atoms with Crippen molar-refractivity contribution in [3.8, 4) is 0 Å². The number of nitrogens with zero attached hydrogens (tertiary/aromatic N) is 1. The molecular weight excluding hydrogens is 262 g/mol. The maximum atomic E-state index is 11.1. The first kappa shape index (κ1) is 13.4. The first-order valence-electron chi connectivity index (χ1n) is 5.77. The molecule has 1 aromatic heterocycles. The molecule has 2 N–H and O–H groups in total. The summed E-state index contributed by atoms with van der Waals surface area (Å²) in [5.74, 6) is 0.